The fraction of sp³-hybridized carbons (Fsp3) is 0.375. The van der Waals surface area contributed by atoms with Gasteiger partial charge in [0.25, 0.3) is 0 Å². The van der Waals surface area contributed by atoms with Gasteiger partial charge in [-0.3, -0.25) is 9.59 Å². The molecule has 0 heterocycles. The molecule has 1 aliphatic rings. The molecule has 0 unspecified atom stereocenters. The Morgan fingerprint density at radius 2 is 1.56 bits per heavy atom. The zero-order valence-electron chi connectivity index (χ0n) is 22.4. The third kappa shape index (κ3) is 8.76. The zero-order chi connectivity index (χ0) is 27.6. The van der Waals surface area contributed by atoms with Crippen molar-refractivity contribution in [1.82, 2.24) is 10.2 Å². The molecule has 1 aliphatic carbocycles. The van der Waals surface area contributed by atoms with Gasteiger partial charge in [0.2, 0.25) is 11.8 Å². The summed E-state index contributed by atoms with van der Waals surface area (Å²) in [4.78, 5) is 29.5. The van der Waals surface area contributed by atoms with Gasteiger partial charge in [0, 0.05) is 34.8 Å². The predicted molar refractivity (Wildman–Crippen MR) is 163 cm³/mol. The maximum absolute atomic E-state index is 13.9. The minimum atomic E-state index is -0.618. The Bertz CT molecular complexity index is 1210. The molecule has 206 valence electrons. The summed E-state index contributed by atoms with van der Waals surface area (Å²) >= 11 is 14.2. The van der Waals surface area contributed by atoms with E-state index in [1.54, 1.807) is 17.0 Å². The molecule has 1 N–H and O–H groups in total. The summed E-state index contributed by atoms with van der Waals surface area (Å²) in [6, 6.07) is 23.1. The van der Waals surface area contributed by atoms with Gasteiger partial charge in [-0.25, -0.2) is 0 Å². The Morgan fingerprint density at radius 3 is 2.23 bits per heavy atom. The molecule has 3 aromatic rings. The number of hydrogen-bond acceptors (Lipinski definition) is 3. The number of nitrogens with one attached hydrogen (secondary N) is 1. The Balaban J connectivity index is 1.57. The lowest BCUT2D eigenvalue weighted by Gasteiger charge is -2.33. The number of rotatable bonds is 11. The van der Waals surface area contributed by atoms with Crippen molar-refractivity contribution in [2.45, 2.75) is 69.8 Å². The van der Waals surface area contributed by atoms with Crippen molar-refractivity contribution in [2.75, 3.05) is 5.75 Å². The number of nitrogens with zero attached hydrogens (tertiary/aromatic N) is 1. The van der Waals surface area contributed by atoms with Crippen LogP contribution in [-0.4, -0.2) is 34.6 Å². The largest absolute Gasteiger partial charge is 0.352 e. The summed E-state index contributed by atoms with van der Waals surface area (Å²) in [6.45, 7) is 2.40. The second-order valence-corrected chi connectivity index (χ2v) is 12.0. The lowest BCUT2D eigenvalue weighted by Crippen LogP contribution is -2.53. The summed E-state index contributed by atoms with van der Waals surface area (Å²) < 4.78 is 0. The second-order valence-electron chi connectivity index (χ2n) is 10.2. The number of hydrogen-bond donors (Lipinski definition) is 1. The highest BCUT2D eigenvalue weighted by Crippen LogP contribution is 2.29. The minimum absolute atomic E-state index is 0.0784. The van der Waals surface area contributed by atoms with Gasteiger partial charge in [-0.1, -0.05) is 109 Å². The van der Waals surface area contributed by atoms with Crippen LogP contribution in [-0.2, 0) is 28.3 Å². The Morgan fingerprint density at radius 1 is 0.897 bits per heavy atom. The lowest BCUT2D eigenvalue weighted by atomic mass is 9.94. The molecule has 1 saturated carbocycles. The number of amides is 2. The molecule has 0 bridgehead atoms. The van der Waals surface area contributed by atoms with Crippen molar-refractivity contribution in [3.63, 3.8) is 0 Å². The number of halogens is 2. The topological polar surface area (TPSA) is 49.4 Å². The van der Waals surface area contributed by atoms with Crippen LogP contribution >= 0.6 is 35.0 Å². The highest BCUT2D eigenvalue weighted by molar-refractivity contribution is 7.99. The normalized spacial score (nSPS) is 14.5. The first kappa shape index (κ1) is 29.5. The number of aryl methyl sites for hydroxylation is 1. The number of thioether (sulfide) groups is 1. The van der Waals surface area contributed by atoms with Gasteiger partial charge in [-0.15, -0.1) is 11.8 Å². The van der Waals surface area contributed by atoms with Gasteiger partial charge in [0.05, 0.1) is 5.75 Å². The standard InChI is InChI=1S/C32H36Cl2N2O2S/c1-23-15-17-25(18-16-23)20-36(31(37)22-39-21-27-28(33)13-8-14-29(27)34)30(19-24-9-4-2-5-10-24)32(38)35-26-11-6-3-7-12-26/h2,4-5,8-10,13-18,26,30H,3,6-7,11-12,19-22H2,1H3,(H,35,38)/t30-/m0/s1. The van der Waals surface area contributed by atoms with Crippen molar-refractivity contribution in [3.8, 4) is 0 Å². The summed E-state index contributed by atoms with van der Waals surface area (Å²) in [7, 11) is 0. The van der Waals surface area contributed by atoms with E-state index in [1.807, 2.05) is 67.6 Å². The first-order valence-corrected chi connectivity index (χ1v) is 15.5. The van der Waals surface area contributed by atoms with Gasteiger partial charge >= 0.3 is 0 Å². The SMILES string of the molecule is Cc1ccc(CN(C(=O)CSCc2c(Cl)cccc2Cl)[C@@H](Cc2ccccc2)C(=O)NC2CCCCC2)cc1. The van der Waals surface area contributed by atoms with E-state index < -0.39 is 6.04 Å². The van der Waals surface area contributed by atoms with Crippen molar-refractivity contribution < 1.29 is 9.59 Å². The summed E-state index contributed by atoms with van der Waals surface area (Å²) in [5, 5.41) is 4.47. The van der Waals surface area contributed by atoms with E-state index in [0.717, 1.165) is 47.9 Å². The van der Waals surface area contributed by atoms with Gasteiger partial charge < -0.3 is 10.2 Å². The molecule has 4 rings (SSSR count). The molecular weight excluding hydrogens is 547 g/mol. The minimum Gasteiger partial charge on any atom is -0.352 e. The summed E-state index contributed by atoms with van der Waals surface area (Å²) in [5.74, 6) is 0.573. The van der Waals surface area contributed by atoms with E-state index in [-0.39, 0.29) is 23.6 Å². The smallest absolute Gasteiger partial charge is 0.243 e. The lowest BCUT2D eigenvalue weighted by molar-refractivity contribution is -0.139. The molecule has 0 radical (unpaired) electrons. The molecular formula is C32H36Cl2N2O2S. The molecule has 3 aromatic carbocycles. The third-order valence-corrected chi connectivity index (χ3v) is 8.88. The Labute approximate surface area is 246 Å². The van der Waals surface area contributed by atoms with Gasteiger partial charge in [0.1, 0.15) is 6.04 Å². The summed E-state index contributed by atoms with van der Waals surface area (Å²) in [6.07, 6.45) is 5.90. The van der Waals surface area contributed by atoms with Crippen molar-refractivity contribution in [1.29, 1.82) is 0 Å². The van der Waals surface area contributed by atoms with Crippen LogP contribution in [0.2, 0.25) is 10.0 Å². The molecule has 2 amide bonds. The quantitative estimate of drug-likeness (QED) is 0.253. The van der Waals surface area contributed by atoms with Crippen LogP contribution in [0, 0.1) is 6.92 Å². The van der Waals surface area contributed by atoms with Crippen LogP contribution in [0.1, 0.15) is 54.4 Å². The van der Waals surface area contributed by atoms with Crippen molar-refractivity contribution in [2.24, 2.45) is 0 Å². The van der Waals surface area contributed by atoms with Crippen LogP contribution in [0.3, 0.4) is 0 Å². The van der Waals surface area contributed by atoms with Crippen molar-refractivity contribution >= 4 is 46.8 Å². The molecule has 1 fully saturated rings. The first-order valence-electron chi connectivity index (χ1n) is 13.6. The molecule has 0 aromatic heterocycles. The van der Waals surface area contributed by atoms with Crippen LogP contribution < -0.4 is 5.32 Å². The Kier molecular flexibility index (Phi) is 11.2. The van der Waals surface area contributed by atoms with E-state index in [2.05, 4.69) is 5.32 Å². The molecule has 7 heteroatoms. The molecule has 0 saturated heterocycles. The van der Waals surface area contributed by atoms with Crippen LogP contribution in [0.25, 0.3) is 0 Å². The van der Waals surface area contributed by atoms with E-state index in [4.69, 9.17) is 23.2 Å². The van der Waals surface area contributed by atoms with Gasteiger partial charge in [-0.05, 0) is 48.6 Å². The van der Waals surface area contributed by atoms with Crippen LogP contribution in [0.5, 0.6) is 0 Å². The highest BCUT2D eigenvalue weighted by Gasteiger charge is 2.32. The average molecular weight is 584 g/mol. The Hall–Kier alpha value is -2.47. The predicted octanol–water partition coefficient (Wildman–Crippen LogP) is 7.62. The highest BCUT2D eigenvalue weighted by atomic mass is 35.5. The van der Waals surface area contributed by atoms with Gasteiger partial charge in [-0.2, -0.15) is 0 Å². The first-order chi connectivity index (χ1) is 18.9. The van der Waals surface area contributed by atoms with Crippen LogP contribution in [0.4, 0.5) is 0 Å². The maximum atomic E-state index is 13.9. The van der Waals surface area contributed by atoms with E-state index in [0.29, 0.717) is 28.8 Å². The van der Waals surface area contributed by atoms with Crippen LogP contribution in [0.15, 0.2) is 72.8 Å². The fourth-order valence-corrected chi connectivity index (χ4v) is 6.63. The molecule has 1 atom stereocenters. The third-order valence-electron chi connectivity index (χ3n) is 7.23. The van der Waals surface area contributed by atoms with E-state index >= 15 is 0 Å². The molecule has 0 spiro atoms. The molecule has 0 aliphatic heterocycles. The van der Waals surface area contributed by atoms with E-state index in [1.165, 1.54) is 18.2 Å². The van der Waals surface area contributed by atoms with E-state index in [9.17, 15) is 9.59 Å². The summed E-state index contributed by atoms with van der Waals surface area (Å²) in [5.41, 5.74) is 3.99. The molecule has 39 heavy (non-hydrogen) atoms. The number of carbonyl (C=O) groups excluding carboxylic acids is 2. The fourth-order valence-electron chi connectivity index (χ4n) is 4.98. The maximum Gasteiger partial charge on any atom is 0.243 e. The zero-order valence-corrected chi connectivity index (χ0v) is 24.7. The monoisotopic (exact) mass is 582 g/mol. The molecule has 4 nitrogen and oxygen atoms in total. The van der Waals surface area contributed by atoms with Gasteiger partial charge in [0.15, 0.2) is 0 Å². The average Bonchev–Trinajstić information content (AvgIpc) is 2.94. The van der Waals surface area contributed by atoms with Crippen molar-refractivity contribution in [3.05, 3.63) is 105 Å². The number of carbonyl (C=O) groups is 2. The number of benzene rings is 3. The second kappa shape index (κ2) is 14.8.